The lowest BCUT2D eigenvalue weighted by molar-refractivity contribution is -0.161. The van der Waals surface area contributed by atoms with Gasteiger partial charge in [0, 0.05) is 25.7 Å². The number of hydrogen-bond acceptors (Lipinski definition) is 15. The Bertz CT molecular complexity index is 1840. The second kappa shape index (κ2) is 65.7. The van der Waals surface area contributed by atoms with Gasteiger partial charge >= 0.3 is 39.5 Å². The highest BCUT2D eigenvalue weighted by atomic mass is 31.2. The summed E-state index contributed by atoms with van der Waals surface area (Å²) in [6.45, 7) is 11.9. The van der Waals surface area contributed by atoms with Crippen LogP contribution >= 0.6 is 15.6 Å². The maximum absolute atomic E-state index is 13.1. The number of rotatable bonds is 73. The van der Waals surface area contributed by atoms with E-state index in [9.17, 15) is 43.2 Å². The van der Waals surface area contributed by atoms with Crippen molar-refractivity contribution in [2.24, 2.45) is 17.8 Å². The number of ether oxygens (including phenoxy) is 4. The van der Waals surface area contributed by atoms with Gasteiger partial charge < -0.3 is 33.8 Å². The second-order valence-corrected chi connectivity index (χ2v) is 31.1. The van der Waals surface area contributed by atoms with Crippen LogP contribution in [0.15, 0.2) is 0 Å². The maximum Gasteiger partial charge on any atom is 0.472 e. The third kappa shape index (κ3) is 67.3. The molecule has 19 heteroatoms. The molecule has 0 aromatic heterocycles. The molecule has 0 aliphatic heterocycles. The molecule has 0 bridgehead atoms. The van der Waals surface area contributed by atoms with E-state index in [0.717, 1.165) is 108 Å². The number of carbonyl (C=O) groups is 4. The highest BCUT2D eigenvalue weighted by molar-refractivity contribution is 7.47. The number of esters is 4. The zero-order valence-electron chi connectivity index (χ0n) is 61.4. The first kappa shape index (κ1) is 92.1. The molecule has 0 aliphatic rings. The van der Waals surface area contributed by atoms with Crippen LogP contribution in [0.5, 0.6) is 0 Å². The fourth-order valence-corrected chi connectivity index (χ4v) is 13.0. The SMILES string of the molecule is CCCCCCCCCCCCCCC(=O)O[C@H](COC(=O)CCCCCCCCCC(C)C)COP(=O)(O)OC[C@H](O)COP(=O)(O)OC[C@@H](COC(=O)CCCCCCCCCCCCCC(C)C)OC(=O)CCCCCCCCCCCCCCCCC(C)CC. The van der Waals surface area contributed by atoms with E-state index >= 15 is 0 Å². The van der Waals surface area contributed by atoms with Crippen LogP contribution in [0.25, 0.3) is 0 Å². The Morgan fingerprint density at radius 1 is 0.309 bits per heavy atom. The topological polar surface area (TPSA) is 237 Å². The van der Waals surface area contributed by atoms with E-state index in [0.29, 0.717) is 31.6 Å². The molecule has 17 nitrogen and oxygen atoms in total. The molecule has 558 valence electrons. The van der Waals surface area contributed by atoms with Gasteiger partial charge in [0.15, 0.2) is 12.2 Å². The molecule has 6 atom stereocenters. The molecule has 3 unspecified atom stereocenters. The molecule has 0 aromatic rings. The Labute approximate surface area is 575 Å². The summed E-state index contributed by atoms with van der Waals surface area (Å²) >= 11 is 0. The third-order valence-electron chi connectivity index (χ3n) is 17.7. The lowest BCUT2D eigenvalue weighted by atomic mass is 9.99. The average molecular weight is 1380 g/mol. The van der Waals surface area contributed by atoms with Crippen molar-refractivity contribution in [1.82, 2.24) is 0 Å². The summed E-state index contributed by atoms with van der Waals surface area (Å²) in [6.07, 6.45) is 51.3. The summed E-state index contributed by atoms with van der Waals surface area (Å²) in [6, 6.07) is 0. The minimum Gasteiger partial charge on any atom is -0.462 e. The summed E-state index contributed by atoms with van der Waals surface area (Å²) in [5.41, 5.74) is 0. The molecular formula is C75H146O17P2. The van der Waals surface area contributed by atoms with Crippen molar-refractivity contribution in [3.63, 3.8) is 0 Å². The van der Waals surface area contributed by atoms with Crippen LogP contribution in [0.1, 0.15) is 382 Å². The Morgan fingerprint density at radius 3 is 0.809 bits per heavy atom. The minimum absolute atomic E-state index is 0.106. The minimum atomic E-state index is -4.96. The molecule has 0 heterocycles. The van der Waals surface area contributed by atoms with Gasteiger partial charge in [0.1, 0.15) is 19.3 Å². The maximum atomic E-state index is 13.1. The van der Waals surface area contributed by atoms with Crippen molar-refractivity contribution in [3.05, 3.63) is 0 Å². The highest BCUT2D eigenvalue weighted by Gasteiger charge is 2.30. The first-order chi connectivity index (χ1) is 45.3. The Balaban J connectivity index is 5.25. The van der Waals surface area contributed by atoms with Gasteiger partial charge in [0.2, 0.25) is 0 Å². The van der Waals surface area contributed by atoms with Crippen LogP contribution in [0, 0.1) is 17.8 Å². The number of carbonyl (C=O) groups excluding carboxylic acids is 4. The predicted octanol–water partition coefficient (Wildman–Crippen LogP) is 21.8. The smallest absolute Gasteiger partial charge is 0.462 e. The summed E-state index contributed by atoms with van der Waals surface area (Å²) in [5.74, 6) is 0.203. The van der Waals surface area contributed by atoms with Gasteiger partial charge in [0.25, 0.3) is 0 Å². The summed E-state index contributed by atoms with van der Waals surface area (Å²) in [7, 11) is -9.91. The van der Waals surface area contributed by atoms with E-state index in [2.05, 4.69) is 48.5 Å². The van der Waals surface area contributed by atoms with E-state index in [1.807, 2.05) is 0 Å². The van der Waals surface area contributed by atoms with E-state index in [4.69, 9.17) is 37.0 Å². The second-order valence-electron chi connectivity index (χ2n) is 28.2. The van der Waals surface area contributed by atoms with Crippen molar-refractivity contribution in [2.75, 3.05) is 39.6 Å². The summed E-state index contributed by atoms with van der Waals surface area (Å²) in [5, 5.41) is 10.6. The molecule has 0 saturated carbocycles. The normalized spacial score (nSPS) is 14.4. The predicted molar refractivity (Wildman–Crippen MR) is 381 cm³/mol. The van der Waals surface area contributed by atoms with Gasteiger partial charge in [-0.3, -0.25) is 37.3 Å². The van der Waals surface area contributed by atoms with Gasteiger partial charge in [-0.15, -0.1) is 0 Å². The zero-order valence-corrected chi connectivity index (χ0v) is 63.2. The van der Waals surface area contributed by atoms with Crippen molar-refractivity contribution >= 4 is 39.5 Å². The largest absolute Gasteiger partial charge is 0.472 e. The average Bonchev–Trinajstić information content (AvgIpc) is 1.49. The molecule has 94 heavy (non-hydrogen) atoms. The number of phosphoric ester groups is 2. The molecule has 0 amide bonds. The third-order valence-corrected chi connectivity index (χ3v) is 19.6. The molecule has 0 spiro atoms. The first-order valence-corrected chi connectivity index (χ1v) is 41.9. The molecule has 0 aliphatic carbocycles. The highest BCUT2D eigenvalue weighted by Crippen LogP contribution is 2.45. The summed E-state index contributed by atoms with van der Waals surface area (Å²) in [4.78, 5) is 72.7. The number of hydrogen-bond donors (Lipinski definition) is 3. The quantitative estimate of drug-likeness (QED) is 0.0222. The zero-order chi connectivity index (χ0) is 69.4. The molecular weight excluding hydrogens is 1230 g/mol. The lowest BCUT2D eigenvalue weighted by Crippen LogP contribution is -2.30. The van der Waals surface area contributed by atoms with Crippen LogP contribution in [0.4, 0.5) is 0 Å². The van der Waals surface area contributed by atoms with Crippen molar-refractivity contribution in [1.29, 1.82) is 0 Å². The van der Waals surface area contributed by atoms with Crippen LogP contribution in [0.3, 0.4) is 0 Å². The van der Waals surface area contributed by atoms with E-state index in [-0.39, 0.29) is 25.7 Å². The molecule has 3 N–H and O–H groups in total. The number of unbranched alkanes of at least 4 members (excludes halogenated alkanes) is 40. The standard InChI is InChI=1S/C75H146O17P2/c1-8-10-11-12-13-14-15-23-29-36-44-51-58-74(79)92-71(63-86-73(78)57-50-43-38-31-33-40-47-54-67(5)6)65-90-94(83,84)88-61-69(76)60-87-93(81,82)89-64-70(62-85-72(77)56-49-42-35-28-25-20-21-26-32-39-46-53-66(3)4)91-75(80)59-52-45-37-30-24-19-17-16-18-22-27-34-41-48-55-68(7)9-2/h66-71,76H,8-65H2,1-7H3,(H,81,82)(H,83,84)/t68?,69-,70-,71-/m1/s1. The molecule has 0 fully saturated rings. The van der Waals surface area contributed by atoms with Crippen LogP contribution in [-0.2, 0) is 65.4 Å². The Morgan fingerprint density at radius 2 is 0.543 bits per heavy atom. The fraction of sp³-hybridized carbons (Fsp3) is 0.947. The monoisotopic (exact) mass is 1380 g/mol. The van der Waals surface area contributed by atoms with Gasteiger partial charge in [-0.2, -0.15) is 0 Å². The van der Waals surface area contributed by atoms with E-state index < -0.39 is 97.5 Å². The van der Waals surface area contributed by atoms with Gasteiger partial charge in [-0.1, -0.05) is 331 Å². The fourth-order valence-electron chi connectivity index (χ4n) is 11.4. The number of phosphoric acid groups is 2. The Hall–Kier alpha value is -1.94. The number of aliphatic hydroxyl groups excluding tert-OH is 1. The molecule has 0 rings (SSSR count). The van der Waals surface area contributed by atoms with Crippen molar-refractivity contribution in [2.45, 2.75) is 401 Å². The summed E-state index contributed by atoms with van der Waals surface area (Å²) < 4.78 is 68.5. The number of aliphatic hydroxyl groups is 1. The van der Waals surface area contributed by atoms with Crippen molar-refractivity contribution in [3.8, 4) is 0 Å². The molecule has 0 saturated heterocycles. The lowest BCUT2D eigenvalue weighted by Gasteiger charge is -2.21. The van der Waals surface area contributed by atoms with Crippen molar-refractivity contribution < 1.29 is 80.2 Å². The molecule has 0 aromatic carbocycles. The molecule has 0 radical (unpaired) electrons. The van der Waals surface area contributed by atoms with Gasteiger partial charge in [-0.25, -0.2) is 9.13 Å². The van der Waals surface area contributed by atoms with Crippen LogP contribution in [-0.4, -0.2) is 96.7 Å². The van der Waals surface area contributed by atoms with Crippen LogP contribution < -0.4 is 0 Å². The Kier molecular flexibility index (Phi) is 64.3. The first-order valence-electron chi connectivity index (χ1n) is 38.9. The van der Waals surface area contributed by atoms with E-state index in [1.54, 1.807) is 0 Å². The van der Waals surface area contributed by atoms with Gasteiger partial charge in [0.05, 0.1) is 26.4 Å². The van der Waals surface area contributed by atoms with Gasteiger partial charge in [-0.05, 0) is 43.4 Å². The van der Waals surface area contributed by atoms with E-state index in [1.165, 1.54) is 186 Å². The van der Waals surface area contributed by atoms with Crippen LogP contribution in [0.2, 0.25) is 0 Å².